The van der Waals surface area contributed by atoms with E-state index in [4.69, 9.17) is 4.74 Å². The van der Waals surface area contributed by atoms with Crippen LogP contribution in [0.3, 0.4) is 0 Å². The van der Waals surface area contributed by atoms with Crippen LogP contribution in [0.15, 0.2) is 47.5 Å². The summed E-state index contributed by atoms with van der Waals surface area (Å²) in [5, 5.41) is 3.40. The fraction of sp³-hybridized carbons (Fsp3) is 0.423. The van der Waals surface area contributed by atoms with E-state index < -0.39 is 5.60 Å². The number of benzene rings is 2. The van der Waals surface area contributed by atoms with Gasteiger partial charge in [-0.2, -0.15) is 0 Å². The molecule has 0 aromatic heterocycles. The molecule has 1 aliphatic heterocycles. The highest BCUT2D eigenvalue weighted by molar-refractivity contribution is 5.96. The van der Waals surface area contributed by atoms with Crippen molar-refractivity contribution in [2.45, 2.75) is 32.8 Å². The predicted octanol–water partition coefficient (Wildman–Crippen LogP) is 3.91. The molecular weight excluding hydrogens is 444 g/mol. The largest absolute Gasteiger partial charge is 0.444 e. The highest BCUT2D eigenvalue weighted by atomic mass is 16.6. The number of nitrogens with zero attached hydrogens (tertiary/aromatic N) is 3. The number of carbonyl (C=O) groups excluding carboxylic acids is 2. The topological polar surface area (TPSA) is 98.3 Å². The van der Waals surface area contributed by atoms with Crippen molar-refractivity contribution < 1.29 is 14.3 Å². The van der Waals surface area contributed by atoms with E-state index in [0.717, 1.165) is 17.8 Å². The van der Waals surface area contributed by atoms with Gasteiger partial charge in [-0.05, 0) is 63.7 Å². The van der Waals surface area contributed by atoms with Gasteiger partial charge in [0.1, 0.15) is 5.60 Å². The van der Waals surface area contributed by atoms with E-state index in [1.54, 1.807) is 21.9 Å². The van der Waals surface area contributed by atoms with E-state index in [1.807, 2.05) is 52.1 Å². The van der Waals surface area contributed by atoms with Gasteiger partial charge in [0.05, 0.1) is 17.1 Å². The maximum Gasteiger partial charge on any atom is 0.410 e. The molecule has 0 aliphatic carbocycles. The molecule has 1 saturated heterocycles. The Labute approximate surface area is 207 Å². The summed E-state index contributed by atoms with van der Waals surface area (Å²) in [7, 11) is 1.83. The van der Waals surface area contributed by atoms with Crippen molar-refractivity contribution in [1.29, 1.82) is 0 Å². The van der Waals surface area contributed by atoms with E-state index >= 15 is 0 Å². The van der Waals surface area contributed by atoms with Gasteiger partial charge in [0.25, 0.3) is 5.91 Å². The molecule has 2 aromatic carbocycles. The lowest BCUT2D eigenvalue weighted by atomic mass is 10.1. The monoisotopic (exact) mass is 480 g/mol. The number of para-hydroxylation sites is 1. The summed E-state index contributed by atoms with van der Waals surface area (Å²) in [4.78, 5) is 32.9. The Morgan fingerprint density at radius 1 is 1.03 bits per heavy atom. The molecule has 2 aromatic rings. The molecule has 0 bridgehead atoms. The highest BCUT2D eigenvalue weighted by Gasteiger charge is 2.28. The Morgan fingerprint density at radius 2 is 1.71 bits per heavy atom. The number of ether oxygens (including phenoxy) is 1. The zero-order chi connectivity index (χ0) is 25.4. The Bertz CT molecular complexity index is 1040. The van der Waals surface area contributed by atoms with Gasteiger partial charge in [0.2, 0.25) is 0 Å². The summed E-state index contributed by atoms with van der Waals surface area (Å²) >= 11 is 0. The maximum absolute atomic E-state index is 13.1. The van der Waals surface area contributed by atoms with Gasteiger partial charge in [-0.3, -0.25) is 9.79 Å². The SMILES string of the molecule is C=Nc1cc(C(=O)N2CCN(C(=O)OC(C)(C)C)CC2)ccc1NCCc1ccccc1NNC. The van der Waals surface area contributed by atoms with Crippen molar-refractivity contribution in [1.82, 2.24) is 15.2 Å². The number of amides is 2. The van der Waals surface area contributed by atoms with Crippen LogP contribution in [0.4, 0.5) is 21.9 Å². The highest BCUT2D eigenvalue weighted by Crippen LogP contribution is 2.27. The molecule has 1 heterocycles. The van der Waals surface area contributed by atoms with E-state index in [-0.39, 0.29) is 12.0 Å². The quantitative estimate of drug-likeness (QED) is 0.391. The number of nitrogens with one attached hydrogen (secondary N) is 3. The maximum atomic E-state index is 13.1. The first-order chi connectivity index (χ1) is 16.7. The summed E-state index contributed by atoms with van der Waals surface area (Å²) in [5.74, 6) is -0.0858. The van der Waals surface area contributed by atoms with Crippen molar-refractivity contribution in [3.63, 3.8) is 0 Å². The van der Waals surface area contributed by atoms with Gasteiger partial charge in [-0.25, -0.2) is 10.2 Å². The minimum absolute atomic E-state index is 0.0858. The molecular formula is C26H36N6O3. The number of piperazine rings is 1. The molecule has 188 valence electrons. The molecule has 2 amide bonds. The Balaban J connectivity index is 1.58. The third-order valence-electron chi connectivity index (χ3n) is 5.62. The van der Waals surface area contributed by atoms with Gasteiger partial charge in [0, 0.05) is 45.3 Å². The molecule has 9 nitrogen and oxygen atoms in total. The first-order valence-corrected chi connectivity index (χ1v) is 11.8. The fourth-order valence-electron chi connectivity index (χ4n) is 3.87. The van der Waals surface area contributed by atoms with E-state index in [0.29, 0.717) is 44.0 Å². The van der Waals surface area contributed by atoms with Crippen LogP contribution in [-0.2, 0) is 11.2 Å². The van der Waals surface area contributed by atoms with Gasteiger partial charge < -0.3 is 25.3 Å². The lowest BCUT2D eigenvalue weighted by Gasteiger charge is -2.35. The molecule has 0 saturated carbocycles. The second kappa shape index (κ2) is 11.7. The number of hydrogen-bond donors (Lipinski definition) is 3. The number of anilines is 2. The molecule has 1 fully saturated rings. The van der Waals surface area contributed by atoms with Crippen LogP contribution in [0.5, 0.6) is 0 Å². The third kappa shape index (κ3) is 7.19. The van der Waals surface area contributed by atoms with Crippen molar-refractivity contribution >= 4 is 35.8 Å². The third-order valence-corrected chi connectivity index (χ3v) is 5.62. The summed E-state index contributed by atoms with van der Waals surface area (Å²) in [5.41, 5.74) is 9.77. The Kier molecular flexibility index (Phi) is 8.70. The van der Waals surface area contributed by atoms with Crippen LogP contribution in [-0.4, -0.2) is 73.9 Å². The zero-order valence-electron chi connectivity index (χ0n) is 21.1. The van der Waals surface area contributed by atoms with E-state index in [2.05, 4.69) is 33.9 Å². The summed E-state index contributed by atoms with van der Waals surface area (Å²) in [6, 6.07) is 13.5. The van der Waals surface area contributed by atoms with Crippen LogP contribution in [0.2, 0.25) is 0 Å². The second-order valence-corrected chi connectivity index (χ2v) is 9.36. The molecule has 3 rings (SSSR count). The number of hydrazine groups is 1. The number of carbonyl (C=O) groups is 2. The smallest absolute Gasteiger partial charge is 0.410 e. The lowest BCUT2D eigenvalue weighted by Crippen LogP contribution is -2.51. The van der Waals surface area contributed by atoms with Crippen molar-refractivity contribution in [3.8, 4) is 0 Å². The molecule has 1 aliphatic rings. The average Bonchev–Trinajstić information content (AvgIpc) is 2.84. The van der Waals surface area contributed by atoms with Gasteiger partial charge in [-0.15, -0.1) is 0 Å². The Morgan fingerprint density at radius 3 is 2.37 bits per heavy atom. The second-order valence-electron chi connectivity index (χ2n) is 9.36. The summed E-state index contributed by atoms with van der Waals surface area (Å²) in [6.07, 6.45) is 0.465. The van der Waals surface area contributed by atoms with Gasteiger partial charge in [0.15, 0.2) is 0 Å². The summed E-state index contributed by atoms with van der Waals surface area (Å²) in [6.45, 7) is 11.7. The molecule has 0 atom stereocenters. The minimum Gasteiger partial charge on any atom is -0.444 e. The lowest BCUT2D eigenvalue weighted by molar-refractivity contribution is 0.0141. The Hall–Kier alpha value is -3.59. The number of aliphatic imine (C=N–C) groups is 1. The molecule has 0 spiro atoms. The van der Waals surface area contributed by atoms with Gasteiger partial charge >= 0.3 is 6.09 Å². The average molecular weight is 481 g/mol. The number of rotatable bonds is 8. The number of hydrogen-bond acceptors (Lipinski definition) is 7. The zero-order valence-corrected chi connectivity index (χ0v) is 21.1. The predicted molar refractivity (Wildman–Crippen MR) is 141 cm³/mol. The van der Waals surface area contributed by atoms with Crippen molar-refractivity contribution in [2.24, 2.45) is 4.99 Å². The van der Waals surface area contributed by atoms with E-state index in [9.17, 15) is 9.59 Å². The first-order valence-electron chi connectivity index (χ1n) is 11.8. The van der Waals surface area contributed by atoms with Gasteiger partial charge in [-0.1, -0.05) is 18.2 Å². The molecule has 0 unspecified atom stereocenters. The normalized spacial score (nSPS) is 13.8. The van der Waals surface area contributed by atoms with Crippen molar-refractivity contribution in [3.05, 3.63) is 53.6 Å². The molecule has 35 heavy (non-hydrogen) atoms. The van der Waals surface area contributed by atoms with E-state index in [1.165, 1.54) is 5.56 Å². The standard InChI is InChI=1S/C26H36N6O3/c1-26(2,3)35-25(34)32-16-14-31(15-17-32)24(33)20-10-11-22(23(18-20)27-4)29-13-12-19-8-6-7-9-21(19)30-28-5/h6-11,18,28-30H,4,12-17H2,1-3,5H3. The van der Waals surface area contributed by atoms with Crippen LogP contribution < -0.4 is 16.2 Å². The first kappa shape index (κ1) is 26.0. The van der Waals surface area contributed by atoms with Crippen LogP contribution >= 0.6 is 0 Å². The van der Waals surface area contributed by atoms with Crippen LogP contribution in [0.25, 0.3) is 0 Å². The molecule has 3 N–H and O–H groups in total. The molecule has 9 heteroatoms. The minimum atomic E-state index is -0.541. The van der Waals surface area contributed by atoms with Crippen molar-refractivity contribution in [2.75, 3.05) is 50.5 Å². The van der Waals surface area contributed by atoms with Crippen LogP contribution in [0.1, 0.15) is 36.7 Å². The van der Waals surface area contributed by atoms with Crippen LogP contribution in [0, 0.1) is 0 Å². The summed E-state index contributed by atoms with van der Waals surface area (Å²) < 4.78 is 5.43. The fourth-order valence-corrected chi connectivity index (χ4v) is 3.87. The molecule has 0 radical (unpaired) electrons.